The van der Waals surface area contributed by atoms with Crippen molar-refractivity contribution in [3.8, 4) is 0 Å². The number of halogens is 1. The molecule has 1 unspecified atom stereocenters. The number of nitrogens with zero attached hydrogens (tertiary/aromatic N) is 3. The third-order valence-corrected chi connectivity index (χ3v) is 6.65. The van der Waals surface area contributed by atoms with Crippen LogP contribution >= 0.6 is 35.3 Å². The summed E-state index contributed by atoms with van der Waals surface area (Å²) in [6.45, 7) is 5.34. The quantitative estimate of drug-likeness (QED) is 0.499. The molecular formula is C18H23FN4O2S3. The minimum absolute atomic E-state index is 0.00911. The highest BCUT2D eigenvalue weighted by Crippen LogP contribution is 2.25. The van der Waals surface area contributed by atoms with Crippen LogP contribution < -0.4 is 5.32 Å². The molecule has 3 rings (SSSR count). The number of morpholine rings is 1. The first-order valence-electron chi connectivity index (χ1n) is 9.12. The molecule has 1 aromatic carbocycles. The van der Waals surface area contributed by atoms with Gasteiger partial charge in [0.05, 0.1) is 25.1 Å². The number of nitrogens with one attached hydrogen (secondary N) is 1. The van der Waals surface area contributed by atoms with Gasteiger partial charge in [-0.2, -0.15) is 5.10 Å². The van der Waals surface area contributed by atoms with Crippen LogP contribution in [0, 0.1) is 9.77 Å². The molecule has 0 spiro atoms. The number of amides is 1. The van der Waals surface area contributed by atoms with Crippen LogP contribution in [0.15, 0.2) is 28.6 Å². The second kappa shape index (κ2) is 10.4. The lowest BCUT2D eigenvalue weighted by Gasteiger charge is -2.32. The van der Waals surface area contributed by atoms with Crippen molar-refractivity contribution >= 4 is 41.2 Å². The minimum atomic E-state index is -0.251. The smallest absolute Gasteiger partial charge is 0.230 e. The van der Waals surface area contributed by atoms with Crippen LogP contribution in [0.3, 0.4) is 0 Å². The number of benzene rings is 1. The van der Waals surface area contributed by atoms with Crippen LogP contribution in [0.2, 0.25) is 0 Å². The van der Waals surface area contributed by atoms with Gasteiger partial charge in [-0.1, -0.05) is 42.2 Å². The molecule has 1 saturated heterocycles. The van der Waals surface area contributed by atoms with E-state index >= 15 is 0 Å². The van der Waals surface area contributed by atoms with E-state index in [0.29, 0.717) is 36.1 Å². The monoisotopic (exact) mass is 442 g/mol. The van der Waals surface area contributed by atoms with Gasteiger partial charge < -0.3 is 10.1 Å². The molecular weight excluding hydrogens is 419 g/mol. The maximum Gasteiger partial charge on any atom is 0.230 e. The Labute approximate surface area is 177 Å². The van der Waals surface area contributed by atoms with Gasteiger partial charge in [0, 0.05) is 19.6 Å². The van der Waals surface area contributed by atoms with Crippen molar-refractivity contribution in [1.82, 2.24) is 20.0 Å². The first kappa shape index (κ1) is 21.4. The van der Waals surface area contributed by atoms with E-state index < -0.39 is 0 Å². The Morgan fingerprint density at radius 2 is 2.25 bits per heavy atom. The largest absolute Gasteiger partial charge is 0.371 e. The predicted molar refractivity (Wildman–Crippen MR) is 112 cm³/mol. The summed E-state index contributed by atoms with van der Waals surface area (Å²) in [4.78, 5) is 14.0. The zero-order valence-electron chi connectivity index (χ0n) is 15.6. The molecule has 0 saturated carbocycles. The van der Waals surface area contributed by atoms with Crippen molar-refractivity contribution in [2.45, 2.75) is 30.5 Å². The molecule has 1 aliphatic heterocycles. The summed E-state index contributed by atoms with van der Waals surface area (Å²) in [5, 5.41) is 7.40. The Morgan fingerprint density at radius 1 is 1.46 bits per heavy atom. The van der Waals surface area contributed by atoms with Crippen molar-refractivity contribution in [2.24, 2.45) is 0 Å². The van der Waals surface area contributed by atoms with E-state index in [2.05, 4.69) is 15.3 Å². The summed E-state index contributed by atoms with van der Waals surface area (Å²) in [5.74, 6) is 0.0976. The molecule has 2 aromatic rings. The number of hydrogen-bond acceptors (Lipinski definition) is 7. The van der Waals surface area contributed by atoms with Gasteiger partial charge in [-0.15, -0.1) is 0 Å². The second-order valence-electron chi connectivity index (χ2n) is 6.40. The van der Waals surface area contributed by atoms with E-state index in [0.717, 1.165) is 22.9 Å². The molecule has 1 atom stereocenters. The average molecular weight is 443 g/mol. The summed E-state index contributed by atoms with van der Waals surface area (Å²) in [7, 11) is 0. The van der Waals surface area contributed by atoms with Gasteiger partial charge in [-0.05, 0) is 36.3 Å². The Hall–Kier alpha value is -1.33. The van der Waals surface area contributed by atoms with Crippen molar-refractivity contribution in [3.63, 3.8) is 0 Å². The first-order valence-corrected chi connectivity index (χ1v) is 11.3. The molecule has 6 nitrogen and oxygen atoms in total. The van der Waals surface area contributed by atoms with Crippen molar-refractivity contribution < 1.29 is 13.9 Å². The Balaban J connectivity index is 1.56. The van der Waals surface area contributed by atoms with E-state index in [4.69, 9.17) is 17.0 Å². The molecule has 1 aromatic heterocycles. The third-order valence-electron chi connectivity index (χ3n) is 4.21. The lowest BCUT2D eigenvalue weighted by atomic mass is 10.1. The van der Waals surface area contributed by atoms with Crippen molar-refractivity contribution in [3.05, 3.63) is 39.6 Å². The number of carbonyl (C=O) groups is 1. The summed E-state index contributed by atoms with van der Waals surface area (Å²) >= 11 is 8.26. The van der Waals surface area contributed by atoms with Crippen LogP contribution in [0.4, 0.5) is 4.39 Å². The van der Waals surface area contributed by atoms with E-state index in [1.807, 2.05) is 6.92 Å². The second-order valence-corrected chi connectivity index (χ2v) is 9.25. The molecule has 28 heavy (non-hydrogen) atoms. The molecule has 1 aliphatic rings. The minimum Gasteiger partial charge on any atom is -0.371 e. The zero-order valence-corrected chi connectivity index (χ0v) is 18.0. The van der Waals surface area contributed by atoms with Crippen molar-refractivity contribution in [1.29, 1.82) is 0 Å². The molecule has 0 bridgehead atoms. The van der Waals surface area contributed by atoms with Gasteiger partial charge in [0.25, 0.3) is 0 Å². The molecule has 1 amide bonds. The standard InChI is InChI=1S/C18H23FN4O2S3/c1-2-7-20-16(24)11-27-17-21-23(18(26)28-17)12-22-8-9-25-15(10-22)13-3-5-14(19)6-4-13/h3-6,15H,2,7-12H2,1H3,(H,20,24). The number of aromatic nitrogens is 2. The average Bonchev–Trinajstić information content (AvgIpc) is 3.05. The highest BCUT2D eigenvalue weighted by molar-refractivity contribution is 8.01. The van der Waals surface area contributed by atoms with Gasteiger partial charge in [0.15, 0.2) is 8.29 Å². The van der Waals surface area contributed by atoms with Gasteiger partial charge >= 0.3 is 0 Å². The van der Waals surface area contributed by atoms with Crippen LogP contribution in [-0.4, -0.2) is 52.6 Å². The summed E-state index contributed by atoms with van der Waals surface area (Å²) in [5.41, 5.74) is 0.960. The van der Waals surface area contributed by atoms with Crippen LogP contribution in [0.5, 0.6) is 0 Å². The van der Waals surface area contributed by atoms with E-state index in [-0.39, 0.29) is 17.8 Å². The Morgan fingerprint density at radius 3 is 3.00 bits per heavy atom. The van der Waals surface area contributed by atoms with E-state index in [1.54, 1.807) is 16.8 Å². The van der Waals surface area contributed by atoms with Gasteiger partial charge in [-0.25, -0.2) is 9.07 Å². The predicted octanol–water partition coefficient (Wildman–Crippen LogP) is 3.46. The van der Waals surface area contributed by atoms with Crippen LogP contribution in [0.1, 0.15) is 25.0 Å². The molecule has 2 heterocycles. The molecule has 10 heteroatoms. The van der Waals surface area contributed by atoms with Crippen molar-refractivity contribution in [2.75, 3.05) is 32.0 Å². The SMILES string of the molecule is CCCNC(=O)CSc1nn(CN2CCOC(c3ccc(F)cc3)C2)c(=S)s1. The summed E-state index contributed by atoms with van der Waals surface area (Å²) in [6, 6.07) is 6.43. The van der Waals surface area contributed by atoms with Gasteiger partial charge in [0.2, 0.25) is 5.91 Å². The summed E-state index contributed by atoms with van der Waals surface area (Å²) in [6.07, 6.45) is 0.820. The molecule has 0 aliphatic carbocycles. The number of hydrogen-bond donors (Lipinski definition) is 1. The Kier molecular flexibility index (Phi) is 7.98. The fraction of sp³-hybridized carbons (Fsp3) is 0.500. The van der Waals surface area contributed by atoms with Gasteiger partial charge in [-0.3, -0.25) is 9.69 Å². The third kappa shape index (κ3) is 6.08. The summed E-state index contributed by atoms with van der Waals surface area (Å²) < 4.78 is 22.2. The first-order chi connectivity index (χ1) is 13.5. The number of thioether (sulfide) groups is 1. The fourth-order valence-electron chi connectivity index (χ4n) is 2.78. The van der Waals surface area contributed by atoms with E-state index in [9.17, 15) is 9.18 Å². The molecule has 1 N–H and O–H groups in total. The maximum atomic E-state index is 13.1. The number of rotatable bonds is 8. The van der Waals surface area contributed by atoms with Crippen LogP contribution in [0.25, 0.3) is 0 Å². The number of ether oxygens (including phenoxy) is 1. The Bertz CT molecular complexity index is 840. The number of carbonyl (C=O) groups excluding carboxylic acids is 1. The lowest BCUT2D eigenvalue weighted by molar-refractivity contribution is -0.118. The molecule has 152 valence electrons. The fourth-order valence-corrected chi connectivity index (χ4v) is 4.93. The zero-order chi connectivity index (χ0) is 19.9. The highest BCUT2D eigenvalue weighted by atomic mass is 32.2. The van der Waals surface area contributed by atoms with Gasteiger partial charge in [0.1, 0.15) is 5.82 Å². The lowest BCUT2D eigenvalue weighted by Crippen LogP contribution is -2.39. The topological polar surface area (TPSA) is 59.4 Å². The highest BCUT2D eigenvalue weighted by Gasteiger charge is 2.23. The molecule has 1 fully saturated rings. The maximum absolute atomic E-state index is 13.1. The normalized spacial score (nSPS) is 17.6. The van der Waals surface area contributed by atoms with Crippen LogP contribution in [-0.2, 0) is 16.2 Å². The van der Waals surface area contributed by atoms with E-state index in [1.165, 1.54) is 35.2 Å². The molecule has 0 radical (unpaired) electrons.